The van der Waals surface area contributed by atoms with Gasteiger partial charge in [-0.3, -0.25) is 0 Å². The number of hydrogen-bond acceptors (Lipinski definition) is 3. The zero-order valence-corrected chi connectivity index (χ0v) is 13.2. The van der Waals surface area contributed by atoms with Crippen molar-refractivity contribution >= 4 is 22.8 Å². The van der Waals surface area contributed by atoms with Gasteiger partial charge in [0.1, 0.15) is 0 Å². The highest BCUT2D eigenvalue weighted by Gasteiger charge is 2.11. The number of methoxy groups -OCH3 is 1. The molecule has 2 rings (SSSR count). The second-order valence-electron chi connectivity index (χ2n) is 5.16. The largest absolute Gasteiger partial charge is 0.462 e. The molecule has 0 saturated heterocycles. The molecule has 0 radical (unpaired) electrons. The van der Waals surface area contributed by atoms with Crippen molar-refractivity contribution in [3.8, 4) is 0 Å². The van der Waals surface area contributed by atoms with Gasteiger partial charge in [0, 0.05) is 7.11 Å². The first kappa shape index (κ1) is 16.2. The van der Waals surface area contributed by atoms with Crippen LogP contribution in [0.5, 0.6) is 0 Å². The molecule has 3 nitrogen and oxygen atoms in total. The van der Waals surface area contributed by atoms with Crippen LogP contribution in [0.4, 0.5) is 0 Å². The van der Waals surface area contributed by atoms with Crippen molar-refractivity contribution in [2.24, 2.45) is 0 Å². The van der Waals surface area contributed by atoms with Gasteiger partial charge >= 0.3 is 5.97 Å². The minimum Gasteiger partial charge on any atom is -0.462 e. The van der Waals surface area contributed by atoms with E-state index in [0.29, 0.717) is 12.2 Å². The van der Waals surface area contributed by atoms with E-state index in [2.05, 4.69) is 19.1 Å². The fraction of sp³-hybridized carbons (Fsp3) is 0.316. The molecule has 0 N–H and O–H groups in total. The summed E-state index contributed by atoms with van der Waals surface area (Å²) in [6, 6.07) is 14.1. The molecule has 0 aliphatic carbocycles. The molecule has 2 aromatic carbocycles. The summed E-state index contributed by atoms with van der Waals surface area (Å²) in [4.78, 5) is 12.2. The van der Waals surface area contributed by atoms with E-state index >= 15 is 0 Å². The molecule has 0 spiro atoms. The Morgan fingerprint density at radius 1 is 1.14 bits per heavy atom. The summed E-state index contributed by atoms with van der Waals surface area (Å²) in [6.45, 7) is 2.76. The average Bonchev–Trinajstić information content (AvgIpc) is 2.55. The third-order valence-electron chi connectivity index (χ3n) is 3.45. The lowest BCUT2D eigenvalue weighted by atomic mass is 10.0. The minimum atomic E-state index is -0.303. The van der Waals surface area contributed by atoms with Gasteiger partial charge in [0.25, 0.3) is 0 Å². The van der Waals surface area contributed by atoms with Crippen molar-refractivity contribution in [3.63, 3.8) is 0 Å². The van der Waals surface area contributed by atoms with E-state index in [4.69, 9.17) is 9.47 Å². The van der Waals surface area contributed by atoms with Crippen molar-refractivity contribution in [3.05, 3.63) is 53.6 Å². The third kappa shape index (κ3) is 4.18. The molecule has 0 bridgehead atoms. The highest BCUT2D eigenvalue weighted by atomic mass is 16.5. The van der Waals surface area contributed by atoms with Crippen LogP contribution in [-0.4, -0.2) is 26.3 Å². The summed E-state index contributed by atoms with van der Waals surface area (Å²) in [5.74, 6) is -0.303. The Labute approximate surface area is 131 Å². The summed E-state index contributed by atoms with van der Waals surface area (Å²) in [6.07, 6.45) is 3.74. The topological polar surface area (TPSA) is 35.5 Å². The summed E-state index contributed by atoms with van der Waals surface area (Å²) in [5, 5.41) is 2.26. The molecule has 0 aromatic heterocycles. The SMILES string of the molecule is CCCCOC(=O)C(=Cc1cccc2ccccc12)COC. The molecule has 0 saturated carbocycles. The van der Waals surface area contributed by atoms with Crippen molar-refractivity contribution in [1.82, 2.24) is 0 Å². The quantitative estimate of drug-likeness (QED) is 0.436. The lowest BCUT2D eigenvalue weighted by molar-refractivity contribution is -0.139. The maximum atomic E-state index is 12.2. The van der Waals surface area contributed by atoms with Gasteiger partial charge in [0.2, 0.25) is 0 Å². The van der Waals surface area contributed by atoms with E-state index in [1.807, 2.05) is 36.4 Å². The highest BCUT2D eigenvalue weighted by Crippen LogP contribution is 2.21. The van der Waals surface area contributed by atoms with Gasteiger partial charge < -0.3 is 9.47 Å². The number of unbranched alkanes of at least 4 members (excludes halogenated alkanes) is 1. The van der Waals surface area contributed by atoms with Crippen LogP contribution >= 0.6 is 0 Å². The molecule has 0 unspecified atom stereocenters. The Kier molecular flexibility index (Phi) is 6.16. The van der Waals surface area contributed by atoms with Crippen LogP contribution in [0.15, 0.2) is 48.0 Å². The molecule has 3 heteroatoms. The van der Waals surface area contributed by atoms with Crippen LogP contribution in [0, 0.1) is 0 Å². The molecule has 0 amide bonds. The predicted molar refractivity (Wildman–Crippen MR) is 89.7 cm³/mol. The second kappa shape index (κ2) is 8.35. The van der Waals surface area contributed by atoms with Gasteiger partial charge in [0.05, 0.1) is 18.8 Å². The van der Waals surface area contributed by atoms with Crippen LogP contribution in [0.2, 0.25) is 0 Å². The maximum absolute atomic E-state index is 12.2. The number of fused-ring (bicyclic) bond motifs is 1. The maximum Gasteiger partial charge on any atom is 0.336 e. The summed E-state index contributed by atoms with van der Waals surface area (Å²) < 4.78 is 10.4. The van der Waals surface area contributed by atoms with E-state index in [0.717, 1.165) is 29.2 Å². The molecule has 0 aliphatic rings. The summed E-state index contributed by atoms with van der Waals surface area (Å²) in [5.41, 5.74) is 1.53. The van der Waals surface area contributed by atoms with E-state index in [1.165, 1.54) is 0 Å². The third-order valence-corrected chi connectivity index (χ3v) is 3.45. The Hall–Kier alpha value is -2.13. The van der Waals surface area contributed by atoms with Gasteiger partial charge in [-0.05, 0) is 28.8 Å². The number of rotatable bonds is 7. The first-order chi connectivity index (χ1) is 10.8. The number of carbonyl (C=O) groups is 1. The number of hydrogen-bond donors (Lipinski definition) is 0. The van der Waals surface area contributed by atoms with Gasteiger partial charge in [-0.2, -0.15) is 0 Å². The van der Waals surface area contributed by atoms with Crippen molar-refractivity contribution < 1.29 is 14.3 Å². The van der Waals surface area contributed by atoms with Crippen molar-refractivity contribution in [2.75, 3.05) is 20.3 Å². The molecule has 0 heterocycles. The minimum absolute atomic E-state index is 0.244. The Bertz CT molecular complexity index is 653. The van der Waals surface area contributed by atoms with Gasteiger partial charge in [-0.15, -0.1) is 0 Å². The molecule has 0 atom stereocenters. The fourth-order valence-corrected chi connectivity index (χ4v) is 2.28. The number of esters is 1. The molecule has 0 fully saturated rings. The molecule has 22 heavy (non-hydrogen) atoms. The van der Waals surface area contributed by atoms with Crippen LogP contribution in [0.1, 0.15) is 25.3 Å². The smallest absolute Gasteiger partial charge is 0.336 e. The number of benzene rings is 2. The van der Waals surface area contributed by atoms with Crippen molar-refractivity contribution in [2.45, 2.75) is 19.8 Å². The molecule has 0 aliphatic heterocycles. The highest BCUT2D eigenvalue weighted by molar-refractivity contribution is 5.98. The second-order valence-corrected chi connectivity index (χ2v) is 5.16. The van der Waals surface area contributed by atoms with Gasteiger partial charge in [-0.1, -0.05) is 55.8 Å². The first-order valence-electron chi connectivity index (χ1n) is 7.60. The predicted octanol–water partition coefficient (Wildman–Crippen LogP) is 4.21. The van der Waals surface area contributed by atoms with Crippen LogP contribution in [0.25, 0.3) is 16.8 Å². The van der Waals surface area contributed by atoms with E-state index < -0.39 is 0 Å². The monoisotopic (exact) mass is 298 g/mol. The van der Waals surface area contributed by atoms with Crippen LogP contribution in [0.3, 0.4) is 0 Å². The average molecular weight is 298 g/mol. The molecule has 2 aromatic rings. The number of carbonyl (C=O) groups excluding carboxylic acids is 1. The van der Waals surface area contributed by atoms with Crippen LogP contribution < -0.4 is 0 Å². The molecule has 116 valence electrons. The zero-order valence-electron chi connectivity index (χ0n) is 13.2. The van der Waals surface area contributed by atoms with Crippen LogP contribution in [-0.2, 0) is 14.3 Å². The van der Waals surface area contributed by atoms with Gasteiger partial charge in [0.15, 0.2) is 0 Å². The summed E-state index contributed by atoms with van der Waals surface area (Å²) in [7, 11) is 1.58. The Balaban J connectivity index is 2.29. The lowest BCUT2D eigenvalue weighted by Gasteiger charge is -2.09. The van der Waals surface area contributed by atoms with Gasteiger partial charge in [-0.25, -0.2) is 4.79 Å². The Morgan fingerprint density at radius 2 is 1.91 bits per heavy atom. The lowest BCUT2D eigenvalue weighted by Crippen LogP contribution is -2.12. The van der Waals surface area contributed by atoms with E-state index in [9.17, 15) is 4.79 Å². The standard InChI is InChI=1S/C19H22O3/c1-3-4-12-22-19(20)17(14-21-2)13-16-10-7-9-15-8-5-6-11-18(15)16/h5-11,13H,3-4,12,14H2,1-2H3. The number of ether oxygens (including phenoxy) is 2. The van der Waals surface area contributed by atoms with E-state index in [-0.39, 0.29) is 12.6 Å². The first-order valence-corrected chi connectivity index (χ1v) is 7.60. The molecular weight excluding hydrogens is 276 g/mol. The fourth-order valence-electron chi connectivity index (χ4n) is 2.28. The molecular formula is C19H22O3. The van der Waals surface area contributed by atoms with Crippen molar-refractivity contribution in [1.29, 1.82) is 0 Å². The van der Waals surface area contributed by atoms with E-state index in [1.54, 1.807) is 7.11 Å². The Morgan fingerprint density at radius 3 is 2.68 bits per heavy atom. The summed E-state index contributed by atoms with van der Waals surface area (Å²) >= 11 is 0. The zero-order chi connectivity index (χ0) is 15.8. The normalized spacial score (nSPS) is 11.6.